The Morgan fingerprint density at radius 2 is 1.52 bits per heavy atom. The second-order valence-corrected chi connectivity index (χ2v) is 8.37. The number of aliphatic hydroxyl groups excluding tert-OH is 1. The number of para-hydroxylation sites is 1. The number of urea groups is 1. The van der Waals surface area contributed by atoms with Crippen molar-refractivity contribution >= 4 is 29.5 Å². The molecule has 3 atom stereocenters. The predicted octanol–water partition coefficient (Wildman–Crippen LogP) is 1.40. The van der Waals surface area contributed by atoms with E-state index in [1.54, 1.807) is 51.1 Å². The molecule has 184 valence electrons. The summed E-state index contributed by atoms with van der Waals surface area (Å²) in [5.41, 5.74) is 0.517. The number of carbonyl (C=O) groups excluding carboxylic acids is 4. The van der Waals surface area contributed by atoms with Crippen LogP contribution in [0.2, 0.25) is 0 Å². The molecule has 5 N–H and O–H groups in total. The monoisotopic (exact) mass is 464 g/mol. The number of amides is 4. The van der Waals surface area contributed by atoms with E-state index in [1.807, 2.05) is 13.8 Å². The van der Waals surface area contributed by atoms with Crippen LogP contribution in [0.3, 0.4) is 0 Å². The first-order valence-electron chi connectivity index (χ1n) is 11.1. The molecule has 0 aliphatic heterocycles. The molecule has 0 aliphatic rings. The fraction of sp³-hybridized carbons (Fsp3) is 0.565. The minimum absolute atomic E-state index is 0.0445. The SMILES string of the molecule is CCOC(=O)[C@@H](NC(=O)[C@H](CC(C)C)NC(=O)[C@H](CO)NC(=O)Nc1ccccc1)C(C)C. The zero-order chi connectivity index (χ0) is 25.0. The molecule has 0 spiro atoms. The first kappa shape index (κ1) is 27.9. The Hall–Kier alpha value is -3.14. The van der Waals surface area contributed by atoms with Crippen LogP contribution in [0, 0.1) is 11.8 Å². The van der Waals surface area contributed by atoms with Gasteiger partial charge in [-0.2, -0.15) is 0 Å². The van der Waals surface area contributed by atoms with Gasteiger partial charge in [0, 0.05) is 5.69 Å². The van der Waals surface area contributed by atoms with Gasteiger partial charge >= 0.3 is 12.0 Å². The van der Waals surface area contributed by atoms with E-state index < -0.39 is 48.5 Å². The van der Waals surface area contributed by atoms with Gasteiger partial charge in [-0.15, -0.1) is 0 Å². The van der Waals surface area contributed by atoms with Crippen LogP contribution < -0.4 is 21.3 Å². The fourth-order valence-electron chi connectivity index (χ4n) is 3.00. The number of anilines is 1. The van der Waals surface area contributed by atoms with E-state index in [4.69, 9.17) is 4.74 Å². The van der Waals surface area contributed by atoms with E-state index in [9.17, 15) is 24.3 Å². The third kappa shape index (κ3) is 9.90. The van der Waals surface area contributed by atoms with Gasteiger partial charge in [0.25, 0.3) is 0 Å². The van der Waals surface area contributed by atoms with Gasteiger partial charge in [0.05, 0.1) is 13.2 Å². The summed E-state index contributed by atoms with van der Waals surface area (Å²) in [5, 5.41) is 19.8. The smallest absolute Gasteiger partial charge is 0.328 e. The summed E-state index contributed by atoms with van der Waals surface area (Å²) in [6.45, 7) is 8.50. The molecule has 0 aromatic heterocycles. The molecule has 0 bridgehead atoms. The largest absolute Gasteiger partial charge is 0.464 e. The molecule has 10 heteroatoms. The van der Waals surface area contributed by atoms with Crippen LogP contribution in [0.4, 0.5) is 10.5 Å². The highest BCUT2D eigenvalue weighted by molar-refractivity contribution is 5.96. The number of esters is 1. The number of benzene rings is 1. The Labute approximate surface area is 194 Å². The number of aliphatic hydroxyl groups is 1. The van der Waals surface area contributed by atoms with Gasteiger partial charge in [0.1, 0.15) is 18.1 Å². The summed E-state index contributed by atoms with van der Waals surface area (Å²) in [6.07, 6.45) is 0.291. The van der Waals surface area contributed by atoms with Crippen molar-refractivity contribution in [3.05, 3.63) is 30.3 Å². The Morgan fingerprint density at radius 3 is 2.03 bits per heavy atom. The summed E-state index contributed by atoms with van der Waals surface area (Å²) in [5.74, 6) is -2.00. The van der Waals surface area contributed by atoms with Gasteiger partial charge in [-0.1, -0.05) is 45.9 Å². The van der Waals surface area contributed by atoms with Gasteiger partial charge in [-0.05, 0) is 37.3 Å². The molecule has 0 fully saturated rings. The van der Waals surface area contributed by atoms with Crippen molar-refractivity contribution in [1.29, 1.82) is 0 Å². The second kappa shape index (κ2) is 14.1. The van der Waals surface area contributed by atoms with Gasteiger partial charge in [0.2, 0.25) is 11.8 Å². The molecule has 0 heterocycles. The zero-order valence-corrected chi connectivity index (χ0v) is 19.9. The lowest BCUT2D eigenvalue weighted by molar-refractivity contribution is -0.149. The van der Waals surface area contributed by atoms with E-state index in [-0.39, 0.29) is 18.4 Å². The molecule has 4 amide bonds. The van der Waals surface area contributed by atoms with Gasteiger partial charge in [-0.25, -0.2) is 9.59 Å². The zero-order valence-electron chi connectivity index (χ0n) is 19.9. The van der Waals surface area contributed by atoms with Crippen LogP contribution in [0.5, 0.6) is 0 Å². The first-order valence-corrected chi connectivity index (χ1v) is 11.1. The maximum absolute atomic E-state index is 12.9. The number of hydrogen-bond donors (Lipinski definition) is 5. The number of nitrogens with one attached hydrogen (secondary N) is 4. The minimum Gasteiger partial charge on any atom is -0.464 e. The number of carbonyl (C=O) groups is 4. The first-order chi connectivity index (χ1) is 15.6. The van der Waals surface area contributed by atoms with Crippen LogP contribution in [0.15, 0.2) is 30.3 Å². The van der Waals surface area contributed by atoms with Crippen molar-refractivity contribution in [3.8, 4) is 0 Å². The van der Waals surface area contributed by atoms with E-state index in [0.29, 0.717) is 12.1 Å². The minimum atomic E-state index is -1.28. The summed E-state index contributed by atoms with van der Waals surface area (Å²) in [7, 11) is 0. The van der Waals surface area contributed by atoms with Crippen LogP contribution >= 0.6 is 0 Å². The Bertz CT molecular complexity index is 784. The van der Waals surface area contributed by atoms with Crippen LogP contribution in [-0.2, 0) is 19.1 Å². The maximum atomic E-state index is 12.9. The number of ether oxygens (including phenoxy) is 1. The number of rotatable bonds is 12. The lowest BCUT2D eigenvalue weighted by Gasteiger charge is -2.26. The quantitative estimate of drug-likeness (QED) is 0.296. The molecule has 0 saturated heterocycles. The van der Waals surface area contributed by atoms with Crippen molar-refractivity contribution in [2.45, 2.75) is 59.2 Å². The van der Waals surface area contributed by atoms with Crippen LogP contribution in [0.25, 0.3) is 0 Å². The Kier molecular flexibility index (Phi) is 11.9. The van der Waals surface area contributed by atoms with Crippen molar-refractivity contribution in [1.82, 2.24) is 16.0 Å². The third-order valence-corrected chi connectivity index (χ3v) is 4.68. The molecule has 0 saturated carbocycles. The Morgan fingerprint density at radius 1 is 0.909 bits per heavy atom. The van der Waals surface area contributed by atoms with Crippen molar-refractivity contribution in [3.63, 3.8) is 0 Å². The lowest BCUT2D eigenvalue weighted by Crippen LogP contribution is -2.58. The third-order valence-electron chi connectivity index (χ3n) is 4.68. The fourth-order valence-corrected chi connectivity index (χ4v) is 3.00. The topological polar surface area (TPSA) is 146 Å². The van der Waals surface area contributed by atoms with Crippen molar-refractivity contribution in [2.75, 3.05) is 18.5 Å². The highest BCUT2D eigenvalue weighted by Crippen LogP contribution is 2.09. The van der Waals surface area contributed by atoms with Gasteiger partial charge < -0.3 is 31.1 Å². The molecule has 10 nitrogen and oxygen atoms in total. The van der Waals surface area contributed by atoms with Crippen LogP contribution in [0.1, 0.15) is 41.0 Å². The molecular formula is C23H36N4O6. The van der Waals surface area contributed by atoms with E-state index in [0.717, 1.165) is 0 Å². The average molecular weight is 465 g/mol. The normalized spacial score (nSPS) is 13.6. The van der Waals surface area contributed by atoms with Gasteiger partial charge in [0.15, 0.2) is 0 Å². The summed E-state index contributed by atoms with van der Waals surface area (Å²) >= 11 is 0. The second-order valence-electron chi connectivity index (χ2n) is 8.37. The summed E-state index contributed by atoms with van der Waals surface area (Å²) in [6, 6.07) is 4.82. The molecule has 0 radical (unpaired) electrons. The maximum Gasteiger partial charge on any atom is 0.328 e. The Balaban J connectivity index is 2.85. The van der Waals surface area contributed by atoms with E-state index in [1.165, 1.54) is 0 Å². The molecule has 1 aromatic rings. The average Bonchev–Trinajstić information content (AvgIpc) is 2.75. The lowest BCUT2D eigenvalue weighted by atomic mass is 10.00. The van der Waals surface area contributed by atoms with Crippen molar-refractivity contribution in [2.24, 2.45) is 11.8 Å². The van der Waals surface area contributed by atoms with Crippen molar-refractivity contribution < 1.29 is 29.0 Å². The molecule has 1 rings (SSSR count). The van der Waals surface area contributed by atoms with Gasteiger partial charge in [-0.3, -0.25) is 9.59 Å². The molecular weight excluding hydrogens is 428 g/mol. The summed E-state index contributed by atoms with van der Waals surface area (Å²) < 4.78 is 5.03. The molecule has 0 aliphatic carbocycles. The highest BCUT2D eigenvalue weighted by Gasteiger charge is 2.31. The van der Waals surface area contributed by atoms with E-state index in [2.05, 4.69) is 21.3 Å². The number of hydrogen-bond acceptors (Lipinski definition) is 6. The van der Waals surface area contributed by atoms with E-state index >= 15 is 0 Å². The molecule has 33 heavy (non-hydrogen) atoms. The van der Waals surface area contributed by atoms with Crippen LogP contribution in [-0.4, -0.2) is 60.3 Å². The summed E-state index contributed by atoms with van der Waals surface area (Å²) in [4.78, 5) is 50.0. The predicted molar refractivity (Wildman–Crippen MR) is 124 cm³/mol. The standard InChI is InChI=1S/C23H36N4O6/c1-6-33-22(31)19(15(4)5)27-20(29)17(12-14(2)3)25-21(30)18(13-28)26-23(32)24-16-10-8-7-9-11-16/h7-11,14-15,17-19,28H,6,12-13H2,1-5H3,(H,25,30)(H,27,29)(H2,24,26,32)/t17-,18-,19-/m0/s1. The molecule has 0 unspecified atom stereocenters. The highest BCUT2D eigenvalue weighted by atomic mass is 16.5. The molecule has 1 aromatic carbocycles.